The van der Waals surface area contributed by atoms with Crippen LogP contribution in [-0.2, 0) is 4.79 Å². The molecule has 0 fully saturated rings. The number of amides is 1. The van der Waals surface area contributed by atoms with E-state index in [1.807, 2.05) is 13.0 Å². The molecule has 0 saturated carbocycles. The third-order valence-corrected chi connectivity index (χ3v) is 3.68. The van der Waals surface area contributed by atoms with Gasteiger partial charge in [0, 0.05) is 18.3 Å². The molecule has 2 aromatic carbocycles. The van der Waals surface area contributed by atoms with Crippen molar-refractivity contribution < 1.29 is 9.72 Å². The Morgan fingerprint density at radius 1 is 1.31 bits per heavy atom. The number of aryl methyl sites for hydroxylation is 1. The predicted molar refractivity (Wildman–Crippen MR) is 99.6 cm³/mol. The number of non-ortho nitro benzene ring substituents is 1. The molecule has 26 heavy (non-hydrogen) atoms. The van der Waals surface area contributed by atoms with Gasteiger partial charge in [-0.3, -0.25) is 14.9 Å². The predicted octanol–water partition coefficient (Wildman–Crippen LogP) is 3.60. The molecule has 2 rings (SSSR count). The van der Waals surface area contributed by atoms with Crippen molar-refractivity contribution >= 4 is 40.3 Å². The minimum atomic E-state index is -0.770. The van der Waals surface area contributed by atoms with Gasteiger partial charge in [-0.15, -0.1) is 0 Å². The van der Waals surface area contributed by atoms with Crippen LogP contribution in [0.4, 0.5) is 22.7 Å². The van der Waals surface area contributed by atoms with Gasteiger partial charge in [0.05, 0.1) is 27.0 Å². The minimum Gasteiger partial charge on any atom is -0.397 e. The van der Waals surface area contributed by atoms with Crippen molar-refractivity contribution in [3.8, 4) is 6.07 Å². The number of nitrogens with two attached hydrogens (primary N) is 1. The van der Waals surface area contributed by atoms with E-state index in [1.165, 1.54) is 18.3 Å². The van der Waals surface area contributed by atoms with Gasteiger partial charge in [0.2, 0.25) is 0 Å². The van der Waals surface area contributed by atoms with E-state index in [9.17, 15) is 20.2 Å². The number of nitro benzene ring substituents is 1. The van der Waals surface area contributed by atoms with Crippen LogP contribution in [0.15, 0.2) is 48.2 Å². The van der Waals surface area contributed by atoms with Crippen molar-refractivity contribution in [1.82, 2.24) is 0 Å². The summed E-state index contributed by atoms with van der Waals surface area (Å²) < 4.78 is 0. The number of anilines is 3. The second kappa shape index (κ2) is 8.00. The molecular formula is C17H14ClN5O3. The van der Waals surface area contributed by atoms with E-state index < -0.39 is 10.8 Å². The second-order valence-electron chi connectivity index (χ2n) is 5.28. The summed E-state index contributed by atoms with van der Waals surface area (Å²) >= 11 is 5.93. The first-order chi connectivity index (χ1) is 12.3. The lowest BCUT2D eigenvalue weighted by atomic mass is 10.2. The van der Waals surface area contributed by atoms with E-state index in [-0.39, 0.29) is 22.0 Å². The van der Waals surface area contributed by atoms with Gasteiger partial charge in [-0.2, -0.15) is 5.26 Å². The van der Waals surface area contributed by atoms with Crippen LogP contribution in [0.25, 0.3) is 0 Å². The number of nitrogen functional groups attached to an aromatic ring is 1. The summed E-state index contributed by atoms with van der Waals surface area (Å²) in [7, 11) is 0. The molecule has 0 spiro atoms. The van der Waals surface area contributed by atoms with Gasteiger partial charge in [0.25, 0.3) is 11.6 Å². The van der Waals surface area contributed by atoms with Crippen LogP contribution < -0.4 is 16.4 Å². The van der Waals surface area contributed by atoms with Crippen LogP contribution in [-0.4, -0.2) is 10.8 Å². The van der Waals surface area contributed by atoms with E-state index in [4.69, 9.17) is 17.3 Å². The van der Waals surface area contributed by atoms with Gasteiger partial charge in [0.15, 0.2) is 0 Å². The van der Waals surface area contributed by atoms with Crippen molar-refractivity contribution in [2.75, 3.05) is 16.4 Å². The Labute approximate surface area is 154 Å². The molecule has 0 radical (unpaired) electrons. The van der Waals surface area contributed by atoms with Crippen LogP contribution in [0, 0.1) is 28.4 Å². The van der Waals surface area contributed by atoms with E-state index in [1.54, 1.807) is 18.2 Å². The molecule has 4 N–H and O–H groups in total. The molecular weight excluding hydrogens is 358 g/mol. The average molecular weight is 372 g/mol. The first kappa shape index (κ1) is 18.8. The van der Waals surface area contributed by atoms with Crippen LogP contribution in [0.5, 0.6) is 0 Å². The number of nitro groups is 1. The number of carbonyl (C=O) groups is 1. The Kier molecular flexibility index (Phi) is 5.78. The summed E-state index contributed by atoms with van der Waals surface area (Å²) in [4.78, 5) is 22.5. The van der Waals surface area contributed by atoms with E-state index in [2.05, 4.69) is 10.6 Å². The lowest BCUT2D eigenvalue weighted by molar-refractivity contribution is -0.384. The number of hydrogen-bond donors (Lipinski definition) is 3. The molecule has 0 aromatic heterocycles. The van der Waals surface area contributed by atoms with E-state index >= 15 is 0 Å². The molecule has 0 aliphatic heterocycles. The largest absolute Gasteiger partial charge is 0.397 e. The number of hydrogen-bond acceptors (Lipinski definition) is 6. The zero-order valence-corrected chi connectivity index (χ0v) is 14.4. The fraction of sp³-hybridized carbons (Fsp3) is 0.0588. The summed E-state index contributed by atoms with van der Waals surface area (Å²) in [6, 6.07) is 10.6. The van der Waals surface area contributed by atoms with Gasteiger partial charge in [-0.1, -0.05) is 17.7 Å². The summed E-state index contributed by atoms with van der Waals surface area (Å²) in [5.41, 5.74) is 7.30. The maximum atomic E-state index is 12.2. The maximum absolute atomic E-state index is 12.2. The monoisotopic (exact) mass is 371 g/mol. The number of nitrogens with one attached hydrogen (secondary N) is 2. The van der Waals surface area contributed by atoms with E-state index in [0.29, 0.717) is 11.4 Å². The summed E-state index contributed by atoms with van der Waals surface area (Å²) in [6.45, 7) is 1.87. The molecule has 1 amide bonds. The molecule has 2 aromatic rings. The lowest BCUT2D eigenvalue weighted by Crippen LogP contribution is -2.15. The average Bonchev–Trinajstić information content (AvgIpc) is 2.60. The fourth-order valence-corrected chi connectivity index (χ4v) is 2.17. The summed E-state index contributed by atoms with van der Waals surface area (Å²) in [5, 5.41) is 25.3. The fourth-order valence-electron chi connectivity index (χ4n) is 2.01. The number of halogens is 1. The van der Waals surface area contributed by atoms with Gasteiger partial charge in [-0.25, -0.2) is 0 Å². The molecule has 0 heterocycles. The number of carbonyl (C=O) groups excluding carboxylic acids is 1. The Bertz CT molecular complexity index is 950. The second-order valence-corrected chi connectivity index (χ2v) is 5.69. The number of benzene rings is 2. The van der Waals surface area contributed by atoms with Crippen molar-refractivity contribution in [3.05, 3.63) is 68.9 Å². The molecule has 0 bridgehead atoms. The molecule has 0 aliphatic carbocycles. The Balaban J connectivity index is 2.21. The highest BCUT2D eigenvalue weighted by molar-refractivity contribution is 6.34. The topological polar surface area (TPSA) is 134 Å². The molecule has 0 atom stereocenters. The van der Waals surface area contributed by atoms with Gasteiger partial charge in [-0.05, 0) is 30.7 Å². The number of nitriles is 1. The Hall–Kier alpha value is -3.57. The van der Waals surface area contributed by atoms with Gasteiger partial charge < -0.3 is 16.4 Å². The van der Waals surface area contributed by atoms with Crippen molar-refractivity contribution in [3.63, 3.8) is 0 Å². The van der Waals surface area contributed by atoms with Crippen LogP contribution in [0.1, 0.15) is 5.56 Å². The summed E-state index contributed by atoms with van der Waals surface area (Å²) in [5.74, 6) is -0.770. The normalized spacial score (nSPS) is 10.7. The van der Waals surface area contributed by atoms with Crippen molar-refractivity contribution in [2.45, 2.75) is 6.92 Å². The molecule has 132 valence electrons. The Morgan fingerprint density at radius 3 is 2.69 bits per heavy atom. The zero-order chi connectivity index (χ0) is 19.3. The van der Waals surface area contributed by atoms with Gasteiger partial charge in [0.1, 0.15) is 11.6 Å². The maximum Gasteiger partial charge on any atom is 0.271 e. The van der Waals surface area contributed by atoms with E-state index in [0.717, 1.165) is 11.6 Å². The SMILES string of the molecule is Cc1ccc(N)c(N/C=C(/C#N)C(=O)Nc2cc([N+](=O)[O-])ccc2Cl)c1. The van der Waals surface area contributed by atoms with Gasteiger partial charge >= 0.3 is 0 Å². The highest BCUT2D eigenvalue weighted by atomic mass is 35.5. The number of nitrogens with zero attached hydrogens (tertiary/aromatic N) is 2. The third kappa shape index (κ3) is 4.49. The highest BCUT2D eigenvalue weighted by Crippen LogP contribution is 2.27. The standard InChI is InChI=1S/C17H14ClN5O3/c1-10-2-5-14(20)16(6-10)21-9-11(8-19)17(24)22-15-7-12(23(25)26)3-4-13(15)18/h2-7,9,21H,20H2,1H3,(H,22,24)/b11-9-. The van der Waals surface area contributed by atoms with Crippen molar-refractivity contribution in [1.29, 1.82) is 5.26 Å². The smallest absolute Gasteiger partial charge is 0.271 e. The molecule has 8 nitrogen and oxygen atoms in total. The highest BCUT2D eigenvalue weighted by Gasteiger charge is 2.15. The van der Waals surface area contributed by atoms with Crippen LogP contribution >= 0.6 is 11.6 Å². The molecule has 9 heteroatoms. The first-order valence-corrected chi connectivity index (χ1v) is 7.68. The van der Waals surface area contributed by atoms with Crippen LogP contribution in [0.2, 0.25) is 5.02 Å². The zero-order valence-electron chi connectivity index (χ0n) is 13.6. The van der Waals surface area contributed by atoms with Crippen LogP contribution in [0.3, 0.4) is 0 Å². The molecule has 0 saturated heterocycles. The van der Waals surface area contributed by atoms with Crippen molar-refractivity contribution in [2.24, 2.45) is 0 Å². The Morgan fingerprint density at radius 2 is 2.04 bits per heavy atom. The minimum absolute atomic E-state index is 0.0297. The first-order valence-electron chi connectivity index (χ1n) is 7.30. The molecule has 0 unspecified atom stereocenters. The summed E-state index contributed by atoms with van der Waals surface area (Å²) in [6.07, 6.45) is 1.20. The lowest BCUT2D eigenvalue weighted by Gasteiger charge is -2.08. The molecule has 0 aliphatic rings. The quantitative estimate of drug-likeness (QED) is 0.241. The number of rotatable bonds is 5. The third-order valence-electron chi connectivity index (χ3n) is 3.35.